The van der Waals surface area contributed by atoms with Gasteiger partial charge in [0.1, 0.15) is 10.6 Å². The van der Waals surface area contributed by atoms with Crippen LogP contribution in [0, 0.1) is 20.8 Å². The standard InChI is InChI=1S/C22H23N3O5S2/c1-15-4-8-20(9-5-15)32(28,29)25-13-11-19-7-6-18(14-21(19)25)10-12-23-31(26,27)22-16(2)24-30-17(22)3/h4-9,11,13-14,23H,10,12H2,1-3H3. The molecule has 4 aromatic rings. The predicted octanol–water partition coefficient (Wildman–Crippen LogP) is 3.31. The molecule has 0 atom stereocenters. The summed E-state index contributed by atoms with van der Waals surface area (Å²) >= 11 is 0. The summed E-state index contributed by atoms with van der Waals surface area (Å²) in [5, 5.41) is 4.46. The molecule has 8 nitrogen and oxygen atoms in total. The average Bonchev–Trinajstić information content (AvgIpc) is 3.31. The molecule has 2 aromatic heterocycles. The summed E-state index contributed by atoms with van der Waals surface area (Å²) < 4.78 is 60.1. The molecule has 0 bridgehead atoms. The molecule has 0 saturated carbocycles. The molecule has 0 amide bonds. The van der Waals surface area contributed by atoms with Gasteiger partial charge in [-0.15, -0.1) is 0 Å². The largest absolute Gasteiger partial charge is 0.360 e. The van der Waals surface area contributed by atoms with Crippen LogP contribution in [0.5, 0.6) is 0 Å². The Bertz CT molecular complexity index is 1480. The Labute approximate surface area is 187 Å². The van der Waals surface area contributed by atoms with Crippen molar-refractivity contribution in [3.05, 3.63) is 77.3 Å². The highest BCUT2D eigenvalue weighted by atomic mass is 32.2. The van der Waals surface area contributed by atoms with E-state index in [1.54, 1.807) is 50.2 Å². The van der Waals surface area contributed by atoms with Crippen LogP contribution in [0.25, 0.3) is 10.9 Å². The van der Waals surface area contributed by atoms with E-state index in [1.165, 1.54) is 10.2 Å². The first-order valence-electron chi connectivity index (χ1n) is 9.94. The number of hydrogen-bond donors (Lipinski definition) is 1. The third kappa shape index (κ3) is 4.08. The maximum absolute atomic E-state index is 13.1. The van der Waals surface area contributed by atoms with Gasteiger partial charge in [-0.2, -0.15) is 0 Å². The number of fused-ring (bicyclic) bond motifs is 1. The topological polar surface area (TPSA) is 111 Å². The number of nitrogens with one attached hydrogen (secondary N) is 1. The van der Waals surface area contributed by atoms with Crippen molar-refractivity contribution in [2.45, 2.75) is 37.0 Å². The van der Waals surface area contributed by atoms with E-state index in [4.69, 9.17) is 4.52 Å². The number of sulfonamides is 1. The Morgan fingerprint density at radius 2 is 1.69 bits per heavy atom. The first kappa shape index (κ1) is 22.3. The Morgan fingerprint density at radius 3 is 2.34 bits per heavy atom. The summed E-state index contributed by atoms with van der Waals surface area (Å²) in [7, 11) is -7.51. The van der Waals surface area contributed by atoms with Crippen LogP contribution in [0.15, 0.2) is 69.0 Å². The van der Waals surface area contributed by atoms with Crippen LogP contribution in [0.2, 0.25) is 0 Å². The van der Waals surface area contributed by atoms with Crippen molar-refractivity contribution in [1.29, 1.82) is 0 Å². The summed E-state index contributed by atoms with van der Waals surface area (Å²) in [6, 6.07) is 13.9. The first-order chi connectivity index (χ1) is 15.1. The molecule has 2 aromatic carbocycles. The van der Waals surface area contributed by atoms with Crippen LogP contribution in [0.1, 0.15) is 22.6 Å². The second kappa shape index (κ2) is 8.19. The number of rotatable bonds is 7. The molecule has 2 heterocycles. The highest BCUT2D eigenvalue weighted by Crippen LogP contribution is 2.24. The third-order valence-corrected chi connectivity index (χ3v) is 8.65. The van der Waals surface area contributed by atoms with Gasteiger partial charge in [0.05, 0.1) is 10.4 Å². The zero-order valence-corrected chi connectivity index (χ0v) is 19.5. The molecular formula is C22H23N3O5S2. The Balaban J connectivity index is 1.57. The second-order valence-corrected chi connectivity index (χ2v) is 11.1. The van der Waals surface area contributed by atoms with E-state index in [2.05, 4.69) is 9.88 Å². The van der Waals surface area contributed by atoms with Gasteiger partial charge < -0.3 is 4.52 Å². The van der Waals surface area contributed by atoms with Crippen molar-refractivity contribution in [3.63, 3.8) is 0 Å². The van der Waals surface area contributed by atoms with E-state index in [0.29, 0.717) is 17.6 Å². The Hall–Kier alpha value is -2.95. The van der Waals surface area contributed by atoms with Crippen LogP contribution < -0.4 is 4.72 Å². The van der Waals surface area contributed by atoms with Gasteiger partial charge in [0.25, 0.3) is 10.0 Å². The fourth-order valence-corrected chi connectivity index (χ4v) is 6.30. The minimum atomic E-state index is -3.76. The number of aromatic nitrogens is 2. The van der Waals surface area contributed by atoms with Gasteiger partial charge in [-0.1, -0.05) is 35.0 Å². The molecule has 0 fully saturated rings. The van der Waals surface area contributed by atoms with Crippen LogP contribution in [0.3, 0.4) is 0 Å². The van der Waals surface area contributed by atoms with E-state index >= 15 is 0 Å². The van der Waals surface area contributed by atoms with Crippen LogP contribution in [-0.2, 0) is 26.5 Å². The van der Waals surface area contributed by atoms with Crippen molar-refractivity contribution < 1.29 is 21.4 Å². The highest BCUT2D eigenvalue weighted by Gasteiger charge is 2.24. The van der Waals surface area contributed by atoms with E-state index in [-0.39, 0.29) is 22.1 Å². The normalized spacial score (nSPS) is 12.5. The number of aryl methyl sites for hydroxylation is 3. The molecule has 0 saturated heterocycles. The minimum Gasteiger partial charge on any atom is -0.360 e. The van der Waals surface area contributed by atoms with E-state index in [1.807, 2.05) is 19.1 Å². The van der Waals surface area contributed by atoms with Crippen LogP contribution >= 0.6 is 0 Å². The van der Waals surface area contributed by atoms with E-state index in [9.17, 15) is 16.8 Å². The number of nitrogens with zero attached hydrogens (tertiary/aromatic N) is 2. The lowest BCUT2D eigenvalue weighted by Crippen LogP contribution is -2.26. The molecule has 32 heavy (non-hydrogen) atoms. The smallest absolute Gasteiger partial charge is 0.268 e. The molecule has 168 valence electrons. The van der Waals surface area contributed by atoms with Gasteiger partial charge in [-0.25, -0.2) is 25.5 Å². The van der Waals surface area contributed by atoms with Crippen LogP contribution in [0.4, 0.5) is 0 Å². The fraction of sp³-hybridized carbons (Fsp3) is 0.227. The van der Waals surface area contributed by atoms with Crippen molar-refractivity contribution >= 4 is 30.9 Å². The minimum absolute atomic E-state index is 0.0472. The van der Waals surface area contributed by atoms with Crippen molar-refractivity contribution in [1.82, 2.24) is 13.9 Å². The lowest BCUT2D eigenvalue weighted by molar-refractivity contribution is 0.390. The molecule has 4 rings (SSSR count). The molecule has 0 aliphatic heterocycles. The maximum atomic E-state index is 13.1. The average molecular weight is 474 g/mol. The fourth-order valence-electron chi connectivity index (χ4n) is 3.60. The van der Waals surface area contributed by atoms with Crippen LogP contribution in [-0.4, -0.2) is 32.5 Å². The number of benzene rings is 2. The van der Waals surface area contributed by atoms with Gasteiger partial charge in [0, 0.05) is 18.1 Å². The highest BCUT2D eigenvalue weighted by molar-refractivity contribution is 7.90. The number of hydrogen-bond acceptors (Lipinski definition) is 6. The molecule has 0 unspecified atom stereocenters. The SMILES string of the molecule is Cc1ccc(S(=O)(=O)n2ccc3ccc(CCNS(=O)(=O)c4c(C)noc4C)cc32)cc1. The van der Waals surface area contributed by atoms with E-state index in [0.717, 1.165) is 16.5 Å². The molecule has 0 aliphatic rings. The summed E-state index contributed by atoms with van der Waals surface area (Å²) in [5.41, 5.74) is 2.62. The Kier molecular flexibility index (Phi) is 5.70. The molecule has 10 heteroatoms. The summed E-state index contributed by atoms with van der Waals surface area (Å²) in [5.74, 6) is 0.232. The van der Waals surface area contributed by atoms with Gasteiger partial charge in [0.2, 0.25) is 10.0 Å². The lowest BCUT2D eigenvalue weighted by atomic mass is 10.1. The van der Waals surface area contributed by atoms with Crippen molar-refractivity contribution in [3.8, 4) is 0 Å². The predicted molar refractivity (Wildman–Crippen MR) is 121 cm³/mol. The van der Waals surface area contributed by atoms with Crippen molar-refractivity contribution in [2.24, 2.45) is 0 Å². The van der Waals surface area contributed by atoms with Gasteiger partial charge in [-0.3, -0.25) is 0 Å². The zero-order chi connectivity index (χ0) is 23.1. The van der Waals surface area contributed by atoms with E-state index < -0.39 is 20.0 Å². The quantitative estimate of drug-likeness (QED) is 0.441. The summed E-state index contributed by atoms with van der Waals surface area (Å²) in [6.45, 7) is 5.16. The lowest BCUT2D eigenvalue weighted by Gasteiger charge is -2.10. The molecular weight excluding hydrogens is 450 g/mol. The molecule has 1 N–H and O–H groups in total. The Morgan fingerprint density at radius 1 is 0.969 bits per heavy atom. The molecule has 0 spiro atoms. The third-order valence-electron chi connectivity index (χ3n) is 5.24. The maximum Gasteiger partial charge on any atom is 0.268 e. The molecule has 0 aliphatic carbocycles. The molecule has 0 radical (unpaired) electrons. The van der Waals surface area contributed by atoms with Gasteiger partial charge in [-0.05, 0) is 57.0 Å². The first-order valence-corrected chi connectivity index (χ1v) is 12.9. The van der Waals surface area contributed by atoms with Gasteiger partial charge in [0.15, 0.2) is 5.76 Å². The summed E-state index contributed by atoms with van der Waals surface area (Å²) in [4.78, 5) is 0.254. The summed E-state index contributed by atoms with van der Waals surface area (Å²) in [6.07, 6.45) is 1.91. The van der Waals surface area contributed by atoms with Gasteiger partial charge >= 0.3 is 0 Å². The second-order valence-electron chi connectivity index (χ2n) is 7.62. The van der Waals surface area contributed by atoms with Crippen molar-refractivity contribution in [2.75, 3.05) is 6.54 Å². The monoisotopic (exact) mass is 473 g/mol. The zero-order valence-electron chi connectivity index (χ0n) is 17.9.